The predicted octanol–water partition coefficient (Wildman–Crippen LogP) is 3.73. The number of aromatic nitrogens is 1. The van der Waals surface area contributed by atoms with Crippen molar-refractivity contribution in [1.29, 1.82) is 5.26 Å². The normalized spacial score (nSPS) is 29.1. The minimum Gasteiger partial charge on any atom is -0.493 e. The Kier molecular flexibility index (Phi) is 4.57. The topological polar surface area (TPSA) is 111 Å². The smallest absolute Gasteiger partial charge is 0.240 e. The first-order valence-electron chi connectivity index (χ1n) is 12.3. The molecule has 4 aliphatic heterocycles. The van der Waals surface area contributed by atoms with Crippen molar-refractivity contribution in [2.45, 2.75) is 37.4 Å². The van der Waals surface area contributed by atoms with Gasteiger partial charge in [-0.15, -0.1) is 0 Å². The minimum absolute atomic E-state index is 0.189. The Morgan fingerprint density at radius 2 is 1.95 bits per heavy atom. The van der Waals surface area contributed by atoms with Crippen LogP contribution in [0.1, 0.15) is 31.7 Å². The van der Waals surface area contributed by atoms with E-state index in [9.17, 15) is 14.9 Å². The standard InChI is InChI=1S/C28H23N3O6/c1-27-8-9-28(37-27,10-12-34-17-5-7-20-21(13-17)36-15-35-20)23-22(27)25(32)31(26(23)33)19-6-4-16(14-29)24-18(19)3-2-11-30-24/h2-7,11,13,22-23H,8-10,12,15H2,1H3/t22-,23+,27-,28-/m1/s1. The van der Waals surface area contributed by atoms with Crippen LogP contribution in [-0.2, 0) is 14.3 Å². The number of amides is 2. The second-order valence-electron chi connectivity index (χ2n) is 10.2. The predicted molar refractivity (Wildman–Crippen MR) is 130 cm³/mol. The molecule has 3 fully saturated rings. The zero-order valence-electron chi connectivity index (χ0n) is 20.1. The molecule has 9 nitrogen and oxygen atoms in total. The van der Waals surface area contributed by atoms with Gasteiger partial charge in [-0.2, -0.15) is 5.26 Å². The van der Waals surface area contributed by atoms with Gasteiger partial charge in [0.2, 0.25) is 18.6 Å². The maximum absolute atomic E-state index is 14.0. The summed E-state index contributed by atoms with van der Waals surface area (Å²) in [6.45, 7) is 2.45. The third-order valence-corrected chi connectivity index (χ3v) is 8.26. The van der Waals surface area contributed by atoms with E-state index in [0.29, 0.717) is 65.3 Å². The van der Waals surface area contributed by atoms with Gasteiger partial charge in [-0.25, -0.2) is 4.90 Å². The third-order valence-electron chi connectivity index (χ3n) is 8.26. The molecular weight excluding hydrogens is 474 g/mol. The van der Waals surface area contributed by atoms with E-state index in [1.54, 1.807) is 42.6 Å². The summed E-state index contributed by atoms with van der Waals surface area (Å²) in [4.78, 5) is 33.4. The van der Waals surface area contributed by atoms with Crippen LogP contribution in [0.3, 0.4) is 0 Å². The first kappa shape index (κ1) is 22.1. The number of imide groups is 1. The average molecular weight is 498 g/mol. The summed E-state index contributed by atoms with van der Waals surface area (Å²) in [5, 5.41) is 10.1. The van der Waals surface area contributed by atoms with Gasteiger partial charge in [0.05, 0.1) is 46.4 Å². The van der Waals surface area contributed by atoms with Crippen molar-refractivity contribution >= 4 is 28.4 Å². The van der Waals surface area contributed by atoms with E-state index >= 15 is 0 Å². The van der Waals surface area contributed by atoms with E-state index in [1.807, 2.05) is 13.0 Å². The molecule has 2 amide bonds. The highest BCUT2D eigenvalue weighted by atomic mass is 16.7. The fourth-order valence-corrected chi connectivity index (χ4v) is 6.60. The highest BCUT2D eigenvalue weighted by molar-refractivity contribution is 6.26. The van der Waals surface area contributed by atoms with Crippen LogP contribution in [0, 0.1) is 23.2 Å². The van der Waals surface area contributed by atoms with E-state index in [4.69, 9.17) is 18.9 Å². The molecule has 37 heavy (non-hydrogen) atoms. The van der Waals surface area contributed by atoms with Crippen molar-refractivity contribution in [2.24, 2.45) is 11.8 Å². The van der Waals surface area contributed by atoms with Gasteiger partial charge in [0.15, 0.2) is 11.5 Å². The van der Waals surface area contributed by atoms with Crippen LogP contribution in [0.25, 0.3) is 10.9 Å². The number of nitriles is 1. The monoisotopic (exact) mass is 497 g/mol. The molecule has 0 N–H and O–H groups in total. The number of carbonyl (C=O) groups is 2. The molecule has 0 unspecified atom stereocenters. The first-order chi connectivity index (χ1) is 17.9. The first-order valence-corrected chi connectivity index (χ1v) is 12.3. The van der Waals surface area contributed by atoms with Crippen LogP contribution in [-0.4, -0.2) is 41.4 Å². The quantitative estimate of drug-likeness (QED) is 0.491. The average Bonchev–Trinajstić information content (AvgIpc) is 3.63. The fraction of sp³-hybridized carbons (Fsp3) is 0.357. The van der Waals surface area contributed by atoms with Crippen molar-refractivity contribution in [1.82, 2.24) is 4.98 Å². The molecule has 0 saturated carbocycles. The Bertz CT molecular complexity index is 1530. The number of benzene rings is 2. The number of anilines is 1. The van der Waals surface area contributed by atoms with Crippen molar-refractivity contribution < 1.29 is 28.5 Å². The van der Waals surface area contributed by atoms with E-state index in [-0.39, 0.29) is 18.6 Å². The summed E-state index contributed by atoms with van der Waals surface area (Å²) >= 11 is 0. The zero-order valence-corrected chi connectivity index (χ0v) is 20.1. The van der Waals surface area contributed by atoms with Crippen LogP contribution in [0.15, 0.2) is 48.7 Å². The van der Waals surface area contributed by atoms with Gasteiger partial charge in [0.1, 0.15) is 11.8 Å². The zero-order chi connectivity index (χ0) is 25.4. The summed E-state index contributed by atoms with van der Waals surface area (Å²) in [5.74, 6) is 0.269. The molecule has 0 spiro atoms. The molecule has 9 heteroatoms. The molecule has 2 bridgehead atoms. The molecule has 4 atom stereocenters. The Labute approximate surface area is 212 Å². The molecule has 0 aliphatic carbocycles. The second kappa shape index (κ2) is 7.67. The number of carbonyl (C=O) groups excluding carboxylic acids is 2. The molecule has 1 aromatic heterocycles. The third kappa shape index (κ3) is 3.02. The summed E-state index contributed by atoms with van der Waals surface area (Å²) in [7, 11) is 0. The van der Waals surface area contributed by atoms with Crippen molar-refractivity contribution in [3.8, 4) is 23.3 Å². The maximum atomic E-state index is 14.0. The Hall–Kier alpha value is -4.16. The lowest BCUT2D eigenvalue weighted by molar-refractivity contribution is -0.131. The Morgan fingerprint density at radius 3 is 2.81 bits per heavy atom. The Morgan fingerprint density at radius 1 is 1.11 bits per heavy atom. The van der Waals surface area contributed by atoms with Gasteiger partial charge in [-0.1, -0.05) is 0 Å². The summed E-state index contributed by atoms with van der Waals surface area (Å²) in [6.07, 6.45) is 3.44. The summed E-state index contributed by atoms with van der Waals surface area (Å²) < 4.78 is 23.3. The van der Waals surface area contributed by atoms with Crippen LogP contribution >= 0.6 is 0 Å². The van der Waals surface area contributed by atoms with Crippen LogP contribution < -0.4 is 19.1 Å². The largest absolute Gasteiger partial charge is 0.493 e. The van der Waals surface area contributed by atoms with Gasteiger partial charge >= 0.3 is 0 Å². The number of nitrogens with zero attached hydrogens (tertiary/aromatic N) is 3. The van der Waals surface area contributed by atoms with Gasteiger partial charge in [-0.05, 0) is 56.2 Å². The number of ether oxygens (including phenoxy) is 4. The van der Waals surface area contributed by atoms with Gasteiger partial charge in [-0.3, -0.25) is 14.6 Å². The number of rotatable bonds is 5. The minimum atomic E-state index is -0.780. The molecule has 2 aromatic carbocycles. The van der Waals surface area contributed by atoms with Crippen molar-refractivity contribution in [2.75, 3.05) is 18.3 Å². The fourth-order valence-electron chi connectivity index (χ4n) is 6.60. The lowest BCUT2D eigenvalue weighted by Crippen LogP contribution is -2.43. The lowest BCUT2D eigenvalue weighted by atomic mass is 9.67. The Balaban J connectivity index is 1.19. The molecule has 3 aromatic rings. The van der Waals surface area contributed by atoms with Crippen molar-refractivity contribution in [3.05, 3.63) is 54.2 Å². The molecular formula is C28H23N3O6. The number of hydrogen-bond donors (Lipinski definition) is 0. The summed E-state index contributed by atoms with van der Waals surface area (Å²) in [5.41, 5.74) is -0.173. The number of pyridine rings is 1. The van der Waals surface area contributed by atoms with Crippen LogP contribution in [0.4, 0.5) is 5.69 Å². The van der Waals surface area contributed by atoms with Crippen molar-refractivity contribution in [3.63, 3.8) is 0 Å². The van der Waals surface area contributed by atoms with E-state index in [2.05, 4.69) is 11.1 Å². The molecule has 3 saturated heterocycles. The highest BCUT2D eigenvalue weighted by Gasteiger charge is 2.73. The molecule has 5 heterocycles. The van der Waals surface area contributed by atoms with Crippen LogP contribution in [0.2, 0.25) is 0 Å². The van der Waals surface area contributed by atoms with E-state index in [0.717, 1.165) is 0 Å². The van der Waals surface area contributed by atoms with Crippen LogP contribution in [0.5, 0.6) is 17.2 Å². The lowest BCUT2D eigenvalue weighted by Gasteiger charge is -2.31. The molecule has 7 rings (SSSR count). The van der Waals surface area contributed by atoms with Gasteiger partial charge in [0, 0.05) is 24.1 Å². The number of hydrogen-bond acceptors (Lipinski definition) is 8. The maximum Gasteiger partial charge on any atom is 0.240 e. The number of fused-ring (bicyclic) bond motifs is 7. The van der Waals surface area contributed by atoms with Gasteiger partial charge < -0.3 is 18.9 Å². The SMILES string of the molecule is C[C@]12CC[C@](CCOc3ccc4c(c3)OCO4)(O1)[C@@H]1C(=O)N(c3ccc(C#N)c4ncccc34)C(=O)[C@@H]12. The van der Waals surface area contributed by atoms with E-state index in [1.165, 1.54) is 4.90 Å². The second-order valence-corrected chi connectivity index (χ2v) is 10.2. The summed E-state index contributed by atoms with van der Waals surface area (Å²) in [6, 6.07) is 14.3. The molecule has 186 valence electrons. The van der Waals surface area contributed by atoms with E-state index < -0.39 is 23.0 Å². The van der Waals surface area contributed by atoms with Gasteiger partial charge in [0.25, 0.3) is 0 Å². The highest BCUT2D eigenvalue weighted by Crippen LogP contribution is 2.62. The molecule has 0 radical (unpaired) electrons. The molecule has 4 aliphatic rings.